The molecule has 12 heavy (non-hydrogen) atoms. The molecule has 3 N–H and O–H groups in total. The highest BCUT2D eigenvalue weighted by Crippen LogP contribution is 2.00. The van der Waals surface area contributed by atoms with E-state index < -0.39 is 5.91 Å². The van der Waals surface area contributed by atoms with Crippen molar-refractivity contribution < 1.29 is 10.0 Å². The molecule has 0 aromatic heterocycles. The Morgan fingerprint density at radius 1 is 1.42 bits per heavy atom. The van der Waals surface area contributed by atoms with Crippen molar-refractivity contribution in [3.63, 3.8) is 0 Å². The number of carbonyl (C=O) groups is 1. The maximum absolute atomic E-state index is 10.6. The lowest BCUT2D eigenvalue weighted by Gasteiger charge is -1.94. The molecule has 0 heterocycles. The summed E-state index contributed by atoms with van der Waals surface area (Å²) in [6, 6.07) is 6.42. The van der Waals surface area contributed by atoms with E-state index in [2.05, 4.69) is 5.16 Å². The molecule has 0 saturated heterocycles. The van der Waals surface area contributed by atoms with Crippen LogP contribution >= 0.6 is 0 Å². The Balaban J connectivity index is 2.93. The van der Waals surface area contributed by atoms with Gasteiger partial charge < -0.3 is 10.9 Å². The molecule has 0 unspecified atom stereocenters. The highest BCUT2D eigenvalue weighted by atomic mass is 16.4. The minimum absolute atomic E-state index is 0.435. The molecule has 4 heteroatoms. The quantitative estimate of drug-likeness (QED) is 0.381. The molecule has 0 aliphatic heterocycles. The summed E-state index contributed by atoms with van der Waals surface area (Å²) >= 11 is 0. The van der Waals surface area contributed by atoms with Crippen LogP contribution in [0.3, 0.4) is 0 Å². The first-order chi connectivity index (χ1) is 5.74. The average molecular weight is 164 g/mol. The number of hydrogen-bond acceptors (Lipinski definition) is 3. The Hall–Kier alpha value is -1.84. The molecule has 1 rings (SSSR count). The van der Waals surface area contributed by atoms with E-state index in [0.717, 1.165) is 0 Å². The van der Waals surface area contributed by atoms with Crippen LogP contribution < -0.4 is 5.73 Å². The fourth-order valence-electron chi connectivity index (χ4n) is 0.800. The van der Waals surface area contributed by atoms with Crippen LogP contribution in [0.25, 0.3) is 0 Å². The summed E-state index contributed by atoms with van der Waals surface area (Å²) in [5.74, 6) is -0.470. The Bertz CT molecular complexity index is 303. The average Bonchev–Trinajstić information content (AvgIpc) is 2.06. The molecular weight excluding hydrogens is 156 g/mol. The lowest BCUT2D eigenvalue weighted by molar-refractivity contribution is 0.100. The number of nitrogens with two attached hydrogens (primary N) is 1. The predicted molar refractivity (Wildman–Crippen MR) is 44.3 cm³/mol. The molecule has 1 amide bonds. The topological polar surface area (TPSA) is 75.7 Å². The molecule has 0 bridgehead atoms. The van der Waals surface area contributed by atoms with Gasteiger partial charge in [-0.1, -0.05) is 17.3 Å². The third kappa shape index (κ3) is 1.82. The van der Waals surface area contributed by atoms with Crippen LogP contribution in [0.5, 0.6) is 0 Å². The van der Waals surface area contributed by atoms with Gasteiger partial charge in [0, 0.05) is 5.56 Å². The number of oxime groups is 1. The Morgan fingerprint density at radius 3 is 2.42 bits per heavy atom. The van der Waals surface area contributed by atoms with Gasteiger partial charge in [-0.15, -0.1) is 0 Å². The molecule has 1 aromatic carbocycles. The maximum atomic E-state index is 10.6. The summed E-state index contributed by atoms with van der Waals surface area (Å²) in [6.07, 6.45) is 1.27. The fourth-order valence-corrected chi connectivity index (χ4v) is 0.800. The molecule has 0 aliphatic carbocycles. The molecular formula is C8H8N2O2. The lowest BCUT2D eigenvalue weighted by Crippen LogP contribution is -2.10. The van der Waals surface area contributed by atoms with Gasteiger partial charge >= 0.3 is 0 Å². The van der Waals surface area contributed by atoms with Crippen LogP contribution in [0.2, 0.25) is 0 Å². The fraction of sp³-hybridized carbons (Fsp3) is 0. The summed E-state index contributed by atoms with van der Waals surface area (Å²) < 4.78 is 0. The molecule has 0 aliphatic rings. The zero-order valence-electron chi connectivity index (χ0n) is 6.27. The second-order valence-electron chi connectivity index (χ2n) is 2.23. The van der Waals surface area contributed by atoms with Crippen molar-refractivity contribution in [2.45, 2.75) is 0 Å². The standard InChI is InChI=1S/C8H8N2O2/c9-8(11)7-3-1-6(2-4-7)5-10-12/h1-5,12H,(H2,9,11)/b10-5+. The van der Waals surface area contributed by atoms with Gasteiger partial charge in [0.15, 0.2) is 0 Å². The van der Waals surface area contributed by atoms with E-state index in [1.54, 1.807) is 24.3 Å². The van der Waals surface area contributed by atoms with Crippen molar-refractivity contribution in [3.05, 3.63) is 35.4 Å². The number of nitrogens with zero attached hydrogens (tertiary/aromatic N) is 1. The summed E-state index contributed by atoms with van der Waals surface area (Å²) in [4.78, 5) is 10.6. The van der Waals surface area contributed by atoms with Crippen molar-refractivity contribution >= 4 is 12.1 Å². The van der Waals surface area contributed by atoms with Gasteiger partial charge in [0.05, 0.1) is 6.21 Å². The monoisotopic (exact) mass is 164 g/mol. The second-order valence-corrected chi connectivity index (χ2v) is 2.23. The Labute approximate surface area is 69.3 Å². The largest absolute Gasteiger partial charge is 0.411 e. The lowest BCUT2D eigenvalue weighted by atomic mass is 10.1. The first kappa shape index (κ1) is 8.26. The second kappa shape index (κ2) is 3.52. The summed E-state index contributed by atoms with van der Waals surface area (Å²) in [6.45, 7) is 0. The van der Waals surface area contributed by atoms with E-state index in [9.17, 15) is 4.79 Å². The molecule has 1 aromatic rings. The van der Waals surface area contributed by atoms with E-state index in [1.165, 1.54) is 6.21 Å². The highest BCUT2D eigenvalue weighted by Gasteiger charge is 1.97. The molecule has 0 spiro atoms. The van der Waals surface area contributed by atoms with Gasteiger partial charge in [0.25, 0.3) is 0 Å². The first-order valence-corrected chi connectivity index (χ1v) is 3.31. The van der Waals surface area contributed by atoms with Crippen molar-refractivity contribution in [1.82, 2.24) is 0 Å². The Morgan fingerprint density at radius 2 is 2.00 bits per heavy atom. The van der Waals surface area contributed by atoms with E-state index in [-0.39, 0.29) is 0 Å². The van der Waals surface area contributed by atoms with E-state index in [1.807, 2.05) is 0 Å². The van der Waals surface area contributed by atoms with Crippen LogP contribution in [0.15, 0.2) is 29.4 Å². The number of hydrogen-bond donors (Lipinski definition) is 2. The summed E-state index contributed by atoms with van der Waals surface area (Å²) in [5, 5.41) is 11.0. The minimum atomic E-state index is -0.470. The van der Waals surface area contributed by atoms with Crippen molar-refractivity contribution in [3.8, 4) is 0 Å². The molecule has 62 valence electrons. The SMILES string of the molecule is NC(=O)c1ccc(/C=N/O)cc1. The van der Waals surface area contributed by atoms with Gasteiger partial charge in [-0.05, 0) is 17.7 Å². The van der Waals surface area contributed by atoms with Crippen LogP contribution in [0.1, 0.15) is 15.9 Å². The van der Waals surface area contributed by atoms with Crippen LogP contribution in [-0.2, 0) is 0 Å². The summed E-state index contributed by atoms with van der Waals surface area (Å²) in [7, 11) is 0. The van der Waals surface area contributed by atoms with E-state index in [0.29, 0.717) is 11.1 Å². The molecule has 0 atom stereocenters. The minimum Gasteiger partial charge on any atom is -0.411 e. The number of primary amides is 1. The van der Waals surface area contributed by atoms with Gasteiger partial charge in [0.1, 0.15) is 0 Å². The third-order valence-electron chi connectivity index (χ3n) is 1.40. The van der Waals surface area contributed by atoms with Gasteiger partial charge in [-0.2, -0.15) is 0 Å². The normalized spacial score (nSPS) is 10.3. The summed E-state index contributed by atoms with van der Waals surface area (Å²) in [5.41, 5.74) is 6.16. The molecule has 0 saturated carbocycles. The smallest absolute Gasteiger partial charge is 0.248 e. The maximum Gasteiger partial charge on any atom is 0.248 e. The number of rotatable bonds is 2. The van der Waals surface area contributed by atoms with Crippen molar-refractivity contribution in [1.29, 1.82) is 0 Å². The predicted octanol–water partition coefficient (Wildman–Crippen LogP) is 0.594. The number of amides is 1. The van der Waals surface area contributed by atoms with Gasteiger partial charge in [-0.25, -0.2) is 0 Å². The van der Waals surface area contributed by atoms with E-state index in [4.69, 9.17) is 10.9 Å². The number of benzene rings is 1. The molecule has 0 radical (unpaired) electrons. The van der Waals surface area contributed by atoms with Crippen LogP contribution in [0, 0.1) is 0 Å². The highest BCUT2D eigenvalue weighted by molar-refractivity contribution is 5.93. The zero-order valence-corrected chi connectivity index (χ0v) is 6.27. The van der Waals surface area contributed by atoms with Crippen LogP contribution in [-0.4, -0.2) is 17.3 Å². The van der Waals surface area contributed by atoms with Crippen molar-refractivity contribution in [2.75, 3.05) is 0 Å². The van der Waals surface area contributed by atoms with Gasteiger partial charge in [-0.3, -0.25) is 4.79 Å². The zero-order chi connectivity index (χ0) is 8.97. The van der Waals surface area contributed by atoms with Crippen molar-refractivity contribution in [2.24, 2.45) is 10.9 Å². The van der Waals surface area contributed by atoms with E-state index >= 15 is 0 Å². The molecule has 4 nitrogen and oxygen atoms in total. The third-order valence-corrected chi connectivity index (χ3v) is 1.40. The van der Waals surface area contributed by atoms with Crippen LogP contribution in [0.4, 0.5) is 0 Å². The Kier molecular flexibility index (Phi) is 2.42. The first-order valence-electron chi connectivity index (χ1n) is 3.31. The number of carbonyl (C=O) groups excluding carboxylic acids is 1. The van der Waals surface area contributed by atoms with Gasteiger partial charge in [0.2, 0.25) is 5.91 Å². The molecule has 0 fully saturated rings.